The van der Waals surface area contributed by atoms with Crippen molar-refractivity contribution in [2.45, 2.75) is 6.54 Å². The van der Waals surface area contributed by atoms with E-state index in [0.29, 0.717) is 5.02 Å². The van der Waals surface area contributed by atoms with E-state index in [-0.39, 0.29) is 23.6 Å². The van der Waals surface area contributed by atoms with Gasteiger partial charge < -0.3 is 19.5 Å². The lowest BCUT2D eigenvalue weighted by molar-refractivity contribution is -0.385. The van der Waals surface area contributed by atoms with Crippen molar-refractivity contribution in [3.8, 4) is 11.5 Å². The van der Waals surface area contributed by atoms with Crippen LogP contribution in [0.2, 0.25) is 5.02 Å². The molecule has 1 amide bonds. The summed E-state index contributed by atoms with van der Waals surface area (Å²) in [6, 6.07) is 9.02. The van der Waals surface area contributed by atoms with Crippen LogP contribution in [0, 0.1) is 10.1 Å². The normalized spacial score (nSPS) is 10.1. The molecule has 0 fully saturated rings. The molecule has 0 spiro atoms. The molecule has 0 saturated carbocycles. The number of nitro groups is 1. The summed E-state index contributed by atoms with van der Waals surface area (Å²) >= 11 is 5.78. The van der Waals surface area contributed by atoms with Gasteiger partial charge in [0.15, 0.2) is 18.1 Å². The number of hydrogen-bond acceptors (Lipinski definition) is 7. The maximum Gasteiger partial charge on any atom is 0.345 e. The van der Waals surface area contributed by atoms with Crippen molar-refractivity contribution in [2.24, 2.45) is 0 Å². The second-order valence-corrected chi connectivity index (χ2v) is 5.90. The number of halogens is 1. The number of ether oxygens (including phenoxy) is 3. The molecule has 2 aromatic carbocycles. The zero-order valence-corrected chi connectivity index (χ0v) is 15.8. The van der Waals surface area contributed by atoms with Crippen LogP contribution in [0.1, 0.15) is 15.9 Å². The first-order valence-electron chi connectivity index (χ1n) is 7.94. The summed E-state index contributed by atoms with van der Waals surface area (Å²) in [7, 11) is 2.63. The maximum absolute atomic E-state index is 12.2. The van der Waals surface area contributed by atoms with Gasteiger partial charge in [-0.2, -0.15) is 0 Å². The Balaban J connectivity index is 2.02. The molecule has 0 saturated heterocycles. The predicted octanol–water partition coefficient (Wildman–Crippen LogP) is 2.74. The highest BCUT2D eigenvalue weighted by Gasteiger charge is 2.26. The molecule has 0 heterocycles. The molecule has 0 aromatic heterocycles. The third-order valence-corrected chi connectivity index (χ3v) is 3.91. The van der Waals surface area contributed by atoms with Crippen LogP contribution < -0.4 is 14.8 Å². The smallest absolute Gasteiger partial charge is 0.345 e. The number of carbonyl (C=O) groups is 2. The highest BCUT2D eigenvalue weighted by Crippen LogP contribution is 2.34. The molecular formula is C18H17ClN2O7. The minimum atomic E-state index is -1.03. The molecule has 1 N–H and O–H groups in total. The van der Waals surface area contributed by atoms with Crippen LogP contribution in [-0.4, -0.2) is 37.6 Å². The number of nitro benzene ring substituents is 1. The first-order chi connectivity index (χ1) is 13.3. The highest BCUT2D eigenvalue weighted by molar-refractivity contribution is 6.30. The second-order valence-electron chi connectivity index (χ2n) is 5.46. The summed E-state index contributed by atoms with van der Waals surface area (Å²) in [6.45, 7) is -0.387. The summed E-state index contributed by atoms with van der Waals surface area (Å²) < 4.78 is 14.9. The molecule has 0 unspecified atom stereocenters. The molecule has 0 aliphatic rings. The average Bonchev–Trinajstić information content (AvgIpc) is 2.70. The van der Waals surface area contributed by atoms with Gasteiger partial charge in [-0.15, -0.1) is 0 Å². The number of methoxy groups -OCH3 is 2. The summed E-state index contributed by atoms with van der Waals surface area (Å²) in [5, 5.41) is 14.4. The van der Waals surface area contributed by atoms with Crippen molar-refractivity contribution in [2.75, 3.05) is 20.8 Å². The zero-order chi connectivity index (χ0) is 20.7. The first-order valence-corrected chi connectivity index (χ1v) is 8.32. The molecule has 0 bridgehead atoms. The molecule has 2 aromatic rings. The molecule has 0 aliphatic carbocycles. The number of carbonyl (C=O) groups excluding carboxylic acids is 2. The largest absolute Gasteiger partial charge is 0.493 e. The van der Waals surface area contributed by atoms with E-state index in [4.69, 9.17) is 25.8 Å². The van der Waals surface area contributed by atoms with Crippen molar-refractivity contribution >= 4 is 29.2 Å². The molecule has 148 valence electrons. The van der Waals surface area contributed by atoms with Gasteiger partial charge in [0.1, 0.15) is 5.56 Å². The third-order valence-electron chi connectivity index (χ3n) is 3.66. The minimum Gasteiger partial charge on any atom is -0.493 e. The van der Waals surface area contributed by atoms with E-state index in [1.54, 1.807) is 24.3 Å². The van der Waals surface area contributed by atoms with Gasteiger partial charge in [-0.25, -0.2) is 4.79 Å². The third kappa shape index (κ3) is 5.34. The number of nitrogens with zero attached hydrogens (tertiary/aromatic N) is 1. The quantitative estimate of drug-likeness (QED) is 0.405. The Bertz CT molecular complexity index is 884. The van der Waals surface area contributed by atoms with Gasteiger partial charge in [-0.1, -0.05) is 23.7 Å². The summed E-state index contributed by atoms with van der Waals surface area (Å²) in [6.07, 6.45) is 0. The molecule has 0 atom stereocenters. The molecule has 28 heavy (non-hydrogen) atoms. The standard InChI is InChI=1S/C18H17ClN2O7/c1-26-15-7-13(14(21(24)25)8-16(15)27-2)18(23)28-10-17(22)20-9-11-3-5-12(19)6-4-11/h3-8H,9-10H2,1-2H3,(H,20,22). The van der Waals surface area contributed by atoms with Gasteiger partial charge in [0, 0.05) is 17.6 Å². The molecule has 10 heteroatoms. The summed E-state index contributed by atoms with van der Waals surface area (Å²) in [5.41, 5.74) is -0.0722. The van der Waals surface area contributed by atoms with Crippen molar-refractivity contribution in [3.63, 3.8) is 0 Å². The monoisotopic (exact) mass is 408 g/mol. The van der Waals surface area contributed by atoms with Crippen molar-refractivity contribution in [3.05, 3.63) is 62.7 Å². The molecule has 9 nitrogen and oxygen atoms in total. The lowest BCUT2D eigenvalue weighted by atomic mass is 10.1. The SMILES string of the molecule is COc1cc(C(=O)OCC(=O)NCc2ccc(Cl)cc2)c([N+](=O)[O-])cc1OC. The topological polar surface area (TPSA) is 117 Å². The number of esters is 1. The molecule has 0 aliphatic heterocycles. The van der Waals surface area contributed by atoms with Gasteiger partial charge in [-0.05, 0) is 17.7 Å². The van der Waals surface area contributed by atoms with Crippen LogP contribution in [0.15, 0.2) is 36.4 Å². The van der Waals surface area contributed by atoms with Gasteiger partial charge >= 0.3 is 5.97 Å². The number of hydrogen-bond donors (Lipinski definition) is 1. The molecule has 2 rings (SSSR count). The van der Waals surface area contributed by atoms with E-state index in [0.717, 1.165) is 17.7 Å². The maximum atomic E-state index is 12.2. The van der Waals surface area contributed by atoms with E-state index < -0.39 is 29.1 Å². The highest BCUT2D eigenvalue weighted by atomic mass is 35.5. The Morgan fingerprint density at radius 1 is 1.11 bits per heavy atom. The fourth-order valence-corrected chi connectivity index (χ4v) is 2.37. The zero-order valence-electron chi connectivity index (χ0n) is 15.1. The second kappa shape index (κ2) is 9.56. The van der Waals surface area contributed by atoms with Crippen LogP contribution in [0.25, 0.3) is 0 Å². The summed E-state index contributed by atoms with van der Waals surface area (Å²) in [5.74, 6) is -1.39. The van der Waals surface area contributed by atoms with Gasteiger partial charge in [0.2, 0.25) is 0 Å². The van der Waals surface area contributed by atoms with Crippen molar-refractivity contribution < 1.29 is 28.7 Å². The van der Waals surface area contributed by atoms with E-state index in [2.05, 4.69) is 5.32 Å². The number of amides is 1. The van der Waals surface area contributed by atoms with E-state index in [1.165, 1.54) is 14.2 Å². The summed E-state index contributed by atoms with van der Waals surface area (Å²) in [4.78, 5) is 34.6. The van der Waals surface area contributed by atoms with E-state index in [1.807, 2.05) is 0 Å². The van der Waals surface area contributed by atoms with E-state index >= 15 is 0 Å². The van der Waals surface area contributed by atoms with E-state index in [9.17, 15) is 19.7 Å². The fourth-order valence-electron chi connectivity index (χ4n) is 2.25. The average molecular weight is 409 g/mol. The van der Waals surface area contributed by atoms with Gasteiger partial charge in [0.05, 0.1) is 25.2 Å². The Morgan fingerprint density at radius 2 is 1.71 bits per heavy atom. The Kier molecular flexibility index (Phi) is 7.16. The minimum absolute atomic E-state index is 0.0893. The van der Waals surface area contributed by atoms with Crippen LogP contribution in [0.5, 0.6) is 11.5 Å². The van der Waals surface area contributed by atoms with Gasteiger partial charge in [0.25, 0.3) is 11.6 Å². The number of benzene rings is 2. The van der Waals surface area contributed by atoms with Crippen LogP contribution >= 0.6 is 11.6 Å². The van der Waals surface area contributed by atoms with Crippen LogP contribution in [-0.2, 0) is 16.1 Å². The fraction of sp³-hybridized carbons (Fsp3) is 0.222. The van der Waals surface area contributed by atoms with Crippen LogP contribution in [0.4, 0.5) is 5.69 Å². The lowest BCUT2D eigenvalue weighted by Gasteiger charge is -2.10. The number of nitrogens with one attached hydrogen (secondary N) is 1. The van der Waals surface area contributed by atoms with Crippen molar-refractivity contribution in [1.82, 2.24) is 5.32 Å². The Hall–Kier alpha value is -3.33. The molecular weight excluding hydrogens is 392 g/mol. The lowest BCUT2D eigenvalue weighted by Crippen LogP contribution is -2.28. The first kappa shape index (κ1) is 21.0. The predicted molar refractivity (Wildman–Crippen MR) is 99.8 cm³/mol. The Labute approximate surface area is 165 Å². The van der Waals surface area contributed by atoms with Gasteiger partial charge in [-0.3, -0.25) is 14.9 Å². The van der Waals surface area contributed by atoms with Crippen molar-refractivity contribution in [1.29, 1.82) is 0 Å². The number of rotatable bonds is 8. The Morgan fingerprint density at radius 3 is 2.29 bits per heavy atom. The molecule has 0 radical (unpaired) electrons. The van der Waals surface area contributed by atoms with Crippen LogP contribution in [0.3, 0.4) is 0 Å².